The molecular formula is C11H15NO4S2. The Morgan fingerprint density at radius 2 is 2.33 bits per heavy atom. The molecule has 5 nitrogen and oxygen atoms in total. The van der Waals surface area contributed by atoms with Crippen molar-refractivity contribution in [1.29, 1.82) is 0 Å². The Kier molecular flexibility index (Phi) is 3.74. The highest BCUT2D eigenvalue weighted by Gasteiger charge is 2.40. The number of hydrogen-bond donors (Lipinski definition) is 0. The molecule has 1 aliphatic heterocycles. The first-order valence-electron chi connectivity index (χ1n) is 5.65. The van der Waals surface area contributed by atoms with Crippen LogP contribution in [-0.4, -0.2) is 38.1 Å². The monoisotopic (exact) mass is 289 g/mol. The largest absolute Gasteiger partial charge is 0.468 e. The molecule has 1 aliphatic rings. The fourth-order valence-corrected chi connectivity index (χ4v) is 4.24. The van der Waals surface area contributed by atoms with Crippen LogP contribution in [0.15, 0.2) is 11.4 Å². The van der Waals surface area contributed by atoms with Gasteiger partial charge in [-0.1, -0.05) is 0 Å². The van der Waals surface area contributed by atoms with E-state index in [1.165, 1.54) is 11.4 Å². The fourth-order valence-electron chi connectivity index (χ4n) is 2.11. The van der Waals surface area contributed by atoms with E-state index in [0.29, 0.717) is 13.0 Å². The molecule has 1 unspecified atom stereocenters. The summed E-state index contributed by atoms with van der Waals surface area (Å²) >= 11 is 1.55. The first-order valence-corrected chi connectivity index (χ1v) is 8.13. The maximum Gasteiger partial charge on any atom is 0.328 e. The van der Waals surface area contributed by atoms with Crippen LogP contribution in [0.1, 0.15) is 23.4 Å². The maximum absolute atomic E-state index is 12.0. The zero-order valence-corrected chi connectivity index (χ0v) is 11.9. The summed E-state index contributed by atoms with van der Waals surface area (Å²) in [6.07, 6.45) is 0.653. The van der Waals surface area contributed by atoms with E-state index in [0.717, 1.165) is 10.4 Å². The summed E-state index contributed by atoms with van der Waals surface area (Å²) < 4.78 is 30.1. The van der Waals surface area contributed by atoms with Crippen molar-refractivity contribution in [3.8, 4) is 0 Å². The van der Waals surface area contributed by atoms with Crippen molar-refractivity contribution in [2.24, 2.45) is 0 Å². The molecule has 0 aliphatic carbocycles. The molecule has 0 N–H and O–H groups in total. The summed E-state index contributed by atoms with van der Waals surface area (Å²) in [4.78, 5) is 12.9. The number of ether oxygens (including phenoxy) is 1. The van der Waals surface area contributed by atoms with Crippen molar-refractivity contribution >= 4 is 27.3 Å². The number of hydrogen-bond acceptors (Lipinski definition) is 5. The van der Waals surface area contributed by atoms with Gasteiger partial charge in [0, 0.05) is 11.4 Å². The Labute approximate surface area is 110 Å². The molecule has 0 saturated heterocycles. The standard InChI is InChI=1S/C11H15NO4S2/c1-3-18(14,15)12-6-4-9-8(5-7-17-9)10(12)11(13)16-2/h5,7,10H,3-4,6H2,1-2H3. The van der Waals surface area contributed by atoms with Gasteiger partial charge < -0.3 is 4.74 Å². The Hall–Kier alpha value is -0.920. The van der Waals surface area contributed by atoms with Crippen molar-refractivity contribution < 1.29 is 17.9 Å². The molecule has 1 aromatic heterocycles. The molecule has 0 saturated carbocycles. The van der Waals surface area contributed by atoms with Crippen LogP contribution in [0.4, 0.5) is 0 Å². The molecule has 0 amide bonds. The van der Waals surface area contributed by atoms with Gasteiger partial charge in [-0.3, -0.25) is 0 Å². The van der Waals surface area contributed by atoms with E-state index in [1.807, 2.05) is 5.38 Å². The Morgan fingerprint density at radius 3 is 2.94 bits per heavy atom. The summed E-state index contributed by atoms with van der Waals surface area (Å²) in [5.74, 6) is -0.536. The fraction of sp³-hybridized carbons (Fsp3) is 0.545. The molecule has 2 rings (SSSR count). The lowest BCUT2D eigenvalue weighted by atomic mass is 10.0. The molecule has 0 aromatic carbocycles. The Morgan fingerprint density at radius 1 is 1.61 bits per heavy atom. The van der Waals surface area contributed by atoms with Crippen LogP contribution in [-0.2, 0) is 26.0 Å². The van der Waals surface area contributed by atoms with Gasteiger partial charge in [0.1, 0.15) is 6.04 Å². The highest BCUT2D eigenvalue weighted by atomic mass is 32.2. The maximum atomic E-state index is 12.0. The van der Waals surface area contributed by atoms with Crippen LogP contribution < -0.4 is 0 Å². The lowest BCUT2D eigenvalue weighted by Gasteiger charge is -2.32. The van der Waals surface area contributed by atoms with Crippen LogP contribution in [0.3, 0.4) is 0 Å². The van der Waals surface area contributed by atoms with Crippen LogP contribution in [0, 0.1) is 0 Å². The Bertz CT molecular complexity index is 549. The molecule has 7 heteroatoms. The van der Waals surface area contributed by atoms with Gasteiger partial charge in [-0.05, 0) is 30.4 Å². The van der Waals surface area contributed by atoms with Gasteiger partial charge in [-0.15, -0.1) is 11.3 Å². The summed E-state index contributed by atoms with van der Waals surface area (Å²) in [6, 6.07) is 0.980. The van der Waals surface area contributed by atoms with Crippen LogP contribution in [0.2, 0.25) is 0 Å². The van der Waals surface area contributed by atoms with Crippen molar-refractivity contribution in [1.82, 2.24) is 4.31 Å². The molecule has 18 heavy (non-hydrogen) atoms. The molecule has 0 fully saturated rings. The second kappa shape index (κ2) is 4.99. The number of rotatable bonds is 3. The second-order valence-electron chi connectivity index (χ2n) is 3.99. The lowest BCUT2D eigenvalue weighted by molar-refractivity contribution is -0.145. The number of carbonyl (C=O) groups is 1. The average molecular weight is 289 g/mol. The first-order chi connectivity index (χ1) is 8.51. The molecule has 0 radical (unpaired) electrons. The van der Waals surface area contributed by atoms with Gasteiger partial charge in [0.25, 0.3) is 0 Å². The van der Waals surface area contributed by atoms with Gasteiger partial charge in [0.15, 0.2) is 0 Å². The predicted molar refractivity (Wildman–Crippen MR) is 68.9 cm³/mol. The average Bonchev–Trinajstić information content (AvgIpc) is 2.84. The Balaban J connectivity index is 2.47. The number of esters is 1. The minimum absolute atomic E-state index is 0.0139. The highest BCUT2D eigenvalue weighted by Crippen LogP contribution is 2.35. The normalized spacial score (nSPS) is 20.4. The van der Waals surface area contributed by atoms with Crippen LogP contribution >= 0.6 is 11.3 Å². The van der Waals surface area contributed by atoms with Gasteiger partial charge in [0.2, 0.25) is 10.0 Å². The third-order valence-corrected chi connectivity index (χ3v) is 5.90. The van der Waals surface area contributed by atoms with E-state index in [1.54, 1.807) is 24.3 Å². The summed E-state index contributed by atoms with van der Waals surface area (Å²) in [7, 11) is -2.13. The number of carbonyl (C=O) groups excluding carboxylic acids is 1. The highest BCUT2D eigenvalue weighted by molar-refractivity contribution is 7.89. The summed E-state index contributed by atoms with van der Waals surface area (Å²) in [5, 5.41) is 1.88. The lowest BCUT2D eigenvalue weighted by Crippen LogP contribution is -2.44. The molecule has 0 spiro atoms. The zero-order valence-electron chi connectivity index (χ0n) is 10.3. The first kappa shape index (κ1) is 13.5. The number of thiophene rings is 1. The minimum Gasteiger partial charge on any atom is -0.468 e. The SMILES string of the molecule is CCS(=O)(=O)N1CCc2sccc2C1C(=O)OC. The minimum atomic E-state index is -3.41. The van der Waals surface area contributed by atoms with E-state index in [-0.39, 0.29) is 5.75 Å². The second-order valence-corrected chi connectivity index (χ2v) is 7.20. The van der Waals surface area contributed by atoms with E-state index in [2.05, 4.69) is 0 Å². The smallest absolute Gasteiger partial charge is 0.328 e. The molecule has 2 heterocycles. The topological polar surface area (TPSA) is 63.7 Å². The van der Waals surface area contributed by atoms with Gasteiger partial charge >= 0.3 is 5.97 Å². The third-order valence-electron chi connectivity index (χ3n) is 3.07. The van der Waals surface area contributed by atoms with Crippen molar-refractivity contribution in [3.05, 3.63) is 21.9 Å². The number of methoxy groups -OCH3 is 1. The molecular weight excluding hydrogens is 274 g/mol. The van der Waals surface area contributed by atoms with E-state index in [4.69, 9.17) is 4.74 Å². The summed E-state index contributed by atoms with van der Waals surface area (Å²) in [5.41, 5.74) is 0.759. The zero-order chi connectivity index (χ0) is 13.3. The van der Waals surface area contributed by atoms with Gasteiger partial charge in [-0.2, -0.15) is 4.31 Å². The summed E-state index contributed by atoms with van der Waals surface area (Å²) in [6.45, 7) is 1.91. The number of sulfonamides is 1. The third kappa shape index (κ3) is 2.17. The van der Waals surface area contributed by atoms with Crippen molar-refractivity contribution in [2.75, 3.05) is 19.4 Å². The number of fused-ring (bicyclic) bond motifs is 1. The van der Waals surface area contributed by atoms with Crippen molar-refractivity contribution in [3.63, 3.8) is 0 Å². The molecule has 0 bridgehead atoms. The molecule has 100 valence electrons. The number of nitrogens with zero attached hydrogens (tertiary/aromatic N) is 1. The van der Waals surface area contributed by atoms with Crippen LogP contribution in [0.5, 0.6) is 0 Å². The molecule has 1 atom stereocenters. The predicted octanol–water partition coefficient (Wildman–Crippen LogP) is 1.17. The van der Waals surface area contributed by atoms with E-state index in [9.17, 15) is 13.2 Å². The molecule has 1 aromatic rings. The van der Waals surface area contributed by atoms with Crippen LogP contribution in [0.25, 0.3) is 0 Å². The quantitative estimate of drug-likeness (QED) is 0.784. The van der Waals surface area contributed by atoms with Gasteiger partial charge in [0.05, 0.1) is 12.9 Å². The van der Waals surface area contributed by atoms with E-state index < -0.39 is 22.0 Å². The van der Waals surface area contributed by atoms with Crippen molar-refractivity contribution in [2.45, 2.75) is 19.4 Å². The van der Waals surface area contributed by atoms with Gasteiger partial charge in [-0.25, -0.2) is 13.2 Å². The van der Waals surface area contributed by atoms with E-state index >= 15 is 0 Å².